The van der Waals surface area contributed by atoms with Crippen LogP contribution < -0.4 is 4.90 Å². The van der Waals surface area contributed by atoms with Crippen molar-refractivity contribution in [1.82, 2.24) is 9.29 Å². The number of sulfonamides is 1. The van der Waals surface area contributed by atoms with Crippen molar-refractivity contribution in [2.24, 2.45) is 0 Å². The number of amides is 1. The summed E-state index contributed by atoms with van der Waals surface area (Å²) in [7, 11) is -3.75. The van der Waals surface area contributed by atoms with Crippen LogP contribution in [0.1, 0.15) is 24.0 Å². The molecule has 6 nitrogen and oxygen atoms in total. The largest absolute Gasteiger partial charge is 0.282 e. The van der Waals surface area contributed by atoms with Gasteiger partial charge in [0.25, 0.3) is 10.0 Å². The summed E-state index contributed by atoms with van der Waals surface area (Å²) in [5, 5.41) is 2.89. The Hall–Kier alpha value is -2.30. The zero-order valence-electron chi connectivity index (χ0n) is 18.3. The van der Waals surface area contributed by atoms with Gasteiger partial charge in [0.1, 0.15) is 10.3 Å². The van der Waals surface area contributed by atoms with Crippen LogP contribution in [-0.4, -0.2) is 36.2 Å². The lowest BCUT2D eigenvalue weighted by atomic mass is 10.1. The summed E-state index contributed by atoms with van der Waals surface area (Å²) >= 11 is 8.88. The molecule has 0 radical (unpaired) electrons. The molecule has 10 heteroatoms. The molecule has 1 fully saturated rings. The predicted octanol–water partition coefficient (Wildman–Crippen LogP) is 5.71. The van der Waals surface area contributed by atoms with E-state index in [-0.39, 0.29) is 10.1 Å². The average molecular weight is 532 g/mol. The Bertz CT molecular complexity index is 1440. The van der Waals surface area contributed by atoms with Crippen LogP contribution in [-0.2, 0) is 21.4 Å². The molecule has 0 bridgehead atoms. The van der Waals surface area contributed by atoms with Gasteiger partial charge in [0.15, 0.2) is 5.13 Å². The Morgan fingerprint density at radius 1 is 1.18 bits per heavy atom. The van der Waals surface area contributed by atoms with Crippen LogP contribution in [0.5, 0.6) is 0 Å². The Morgan fingerprint density at radius 3 is 2.71 bits per heavy atom. The minimum atomic E-state index is -3.75. The van der Waals surface area contributed by atoms with Crippen molar-refractivity contribution in [3.8, 4) is 0 Å². The molecule has 1 aliphatic rings. The van der Waals surface area contributed by atoms with Gasteiger partial charge in [-0.2, -0.15) is 4.31 Å². The number of anilines is 1. The highest BCUT2D eigenvalue weighted by molar-refractivity contribution is 7.91. The molecule has 2 aromatic carbocycles. The van der Waals surface area contributed by atoms with Crippen molar-refractivity contribution >= 4 is 65.6 Å². The molecule has 1 aliphatic heterocycles. The molecule has 1 atom stereocenters. The van der Waals surface area contributed by atoms with Crippen LogP contribution in [0.3, 0.4) is 0 Å². The molecular weight excluding hydrogens is 510 g/mol. The maximum Gasteiger partial charge on any atom is 0.253 e. The zero-order valence-corrected chi connectivity index (χ0v) is 21.6. The van der Waals surface area contributed by atoms with Gasteiger partial charge in [-0.3, -0.25) is 9.69 Å². The van der Waals surface area contributed by atoms with Crippen molar-refractivity contribution in [3.05, 3.63) is 76.1 Å². The highest BCUT2D eigenvalue weighted by atomic mass is 35.5. The van der Waals surface area contributed by atoms with E-state index in [0.29, 0.717) is 36.1 Å². The molecule has 0 aliphatic carbocycles. The van der Waals surface area contributed by atoms with Crippen molar-refractivity contribution in [1.29, 1.82) is 0 Å². The number of fused-ring (bicyclic) bond motifs is 1. The number of hydrogen-bond acceptors (Lipinski definition) is 6. The maximum atomic E-state index is 14.0. The van der Waals surface area contributed by atoms with Gasteiger partial charge in [0.05, 0.1) is 16.8 Å². The number of benzene rings is 2. The fraction of sp³-hybridized carbons (Fsp3) is 0.250. The smallest absolute Gasteiger partial charge is 0.253 e. The van der Waals surface area contributed by atoms with E-state index >= 15 is 0 Å². The Labute approximate surface area is 211 Å². The molecule has 0 N–H and O–H groups in total. The molecule has 0 saturated carbocycles. The highest BCUT2D eigenvalue weighted by Crippen LogP contribution is 2.36. The van der Waals surface area contributed by atoms with Crippen LogP contribution in [0.25, 0.3) is 10.2 Å². The van der Waals surface area contributed by atoms with Crippen LogP contribution >= 0.6 is 34.3 Å². The lowest BCUT2D eigenvalue weighted by Gasteiger charge is -2.28. The molecule has 4 aromatic rings. The minimum absolute atomic E-state index is 0.257. The van der Waals surface area contributed by atoms with E-state index in [2.05, 4.69) is 0 Å². The minimum Gasteiger partial charge on any atom is -0.282 e. The third kappa shape index (κ3) is 4.27. The molecule has 34 heavy (non-hydrogen) atoms. The van der Waals surface area contributed by atoms with Crippen LogP contribution in [0.2, 0.25) is 5.02 Å². The summed E-state index contributed by atoms with van der Waals surface area (Å²) in [6.07, 6.45) is 1.11. The van der Waals surface area contributed by atoms with Gasteiger partial charge in [0, 0.05) is 11.6 Å². The molecule has 5 rings (SSSR count). The average Bonchev–Trinajstić information content (AvgIpc) is 3.61. The number of hydrogen-bond donors (Lipinski definition) is 0. The molecule has 2 aromatic heterocycles. The molecule has 3 heterocycles. The van der Waals surface area contributed by atoms with E-state index < -0.39 is 16.1 Å². The normalized spacial score (nSPS) is 16.8. The first kappa shape index (κ1) is 23.4. The molecular formula is C24H22ClN3O3S3. The monoisotopic (exact) mass is 531 g/mol. The van der Waals surface area contributed by atoms with Gasteiger partial charge in [-0.15, -0.1) is 11.3 Å². The first-order valence-corrected chi connectivity index (χ1v) is 14.3. The first-order valence-electron chi connectivity index (χ1n) is 10.8. The number of rotatable bonds is 6. The summed E-state index contributed by atoms with van der Waals surface area (Å²) in [5.74, 6) is -0.260. The summed E-state index contributed by atoms with van der Waals surface area (Å²) in [6, 6.07) is 15.9. The summed E-state index contributed by atoms with van der Waals surface area (Å²) in [5.41, 5.74) is 2.56. The predicted molar refractivity (Wildman–Crippen MR) is 138 cm³/mol. The lowest BCUT2D eigenvalue weighted by molar-refractivity contribution is -0.121. The summed E-state index contributed by atoms with van der Waals surface area (Å²) in [6.45, 7) is 2.53. The first-order chi connectivity index (χ1) is 16.4. The van der Waals surface area contributed by atoms with Crippen LogP contribution in [0.15, 0.2) is 64.2 Å². The molecule has 1 amide bonds. The third-order valence-electron chi connectivity index (χ3n) is 5.96. The maximum absolute atomic E-state index is 14.0. The molecule has 176 valence electrons. The summed E-state index contributed by atoms with van der Waals surface area (Å²) < 4.78 is 29.1. The van der Waals surface area contributed by atoms with Crippen LogP contribution in [0.4, 0.5) is 5.13 Å². The quantitative estimate of drug-likeness (QED) is 0.320. The van der Waals surface area contributed by atoms with E-state index in [4.69, 9.17) is 16.6 Å². The van der Waals surface area contributed by atoms with Gasteiger partial charge < -0.3 is 0 Å². The van der Waals surface area contributed by atoms with E-state index in [1.54, 1.807) is 22.4 Å². The number of nitrogens with zero attached hydrogens (tertiary/aromatic N) is 3. The molecule has 0 spiro atoms. The van der Waals surface area contributed by atoms with Gasteiger partial charge >= 0.3 is 0 Å². The second-order valence-corrected chi connectivity index (χ2v) is 12.6. The number of halogens is 1. The zero-order chi connectivity index (χ0) is 23.9. The number of thiazole rings is 1. The van der Waals surface area contributed by atoms with Gasteiger partial charge in [-0.25, -0.2) is 13.4 Å². The van der Waals surface area contributed by atoms with Gasteiger partial charge in [-0.1, -0.05) is 59.3 Å². The van der Waals surface area contributed by atoms with E-state index in [1.807, 2.05) is 49.4 Å². The van der Waals surface area contributed by atoms with Crippen molar-refractivity contribution in [2.45, 2.75) is 36.6 Å². The lowest BCUT2D eigenvalue weighted by Crippen LogP contribution is -2.47. The SMILES string of the molecule is Cc1c(Cl)ccc2sc(N(Cc3ccccc3)C(=O)[C@H]3CCCN3S(=O)(=O)c3cccs3)nc12. The van der Waals surface area contributed by atoms with E-state index in [1.165, 1.54) is 27.0 Å². The van der Waals surface area contributed by atoms with Crippen LogP contribution in [0, 0.1) is 6.92 Å². The fourth-order valence-corrected chi connectivity index (χ4v) is 8.14. The number of carbonyl (C=O) groups is 1. The number of aromatic nitrogens is 1. The van der Waals surface area contributed by atoms with Gasteiger partial charge in [-0.05, 0) is 54.5 Å². The number of thiophene rings is 1. The standard InChI is InChI=1S/C24H22ClN3O3S3/c1-16-18(25)11-12-20-22(16)26-24(33-20)27(15-17-7-3-2-4-8-17)23(29)19-9-5-13-28(19)34(30,31)21-10-6-14-32-21/h2-4,6-8,10-12,14,19H,5,9,13,15H2,1H3/t19-/m1/s1. The molecule has 1 saturated heterocycles. The Balaban J connectivity index is 1.55. The second-order valence-electron chi connectivity index (χ2n) is 8.13. The van der Waals surface area contributed by atoms with Gasteiger partial charge in [0.2, 0.25) is 5.91 Å². The summed E-state index contributed by atoms with van der Waals surface area (Å²) in [4.78, 5) is 20.4. The number of carbonyl (C=O) groups excluding carboxylic acids is 1. The van der Waals surface area contributed by atoms with Crippen molar-refractivity contribution in [3.63, 3.8) is 0 Å². The number of aryl methyl sites for hydroxylation is 1. The van der Waals surface area contributed by atoms with E-state index in [9.17, 15) is 13.2 Å². The Morgan fingerprint density at radius 2 is 1.97 bits per heavy atom. The van der Waals surface area contributed by atoms with Crippen molar-refractivity contribution in [2.75, 3.05) is 11.4 Å². The van der Waals surface area contributed by atoms with Crippen molar-refractivity contribution < 1.29 is 13.2 Å². The highest BCUT2D eigenvalue weighted by Gasteiger charge is 2.42. The Kier molecular flexibility index (Phi) is 6.47. The fourth-order valence-electron chi connectivity index (χ4n) is 4.19. The second kappa shape index (κ2) is 9.39. The topological polar surface area (TPSA) is 70.6 Å². The molecule has 0 unspecified atom stereocenters. The van der Waals surface area contributed by atoms with E-state index in [0.717, 1.165) is 21.3 Å². The third-order valence-corrected chi connectivity index (χ3v) is 10.7.